The van der Waals surface area contributed by atoms with Gasteiger partial charge in [-0.25, -0.2) is 0 Å². The molecule has 14 atom stereocenters. The van der Waals surface area contributed by atoms with Crippen LogP contribution in [0.1, 0.15) is 106 Å². The van der Waals surface area contributed by atoms with Crippen LogP contribution >= 0.6 is 0 Å². The molecule has 5 aliphatic carbocycles. The first-order chi connectivity index (χ1) is 20.1. The lowest BCUT2D eigenvalue weighted by Crippen LogP contribution is -2.66. The maximum atomic E-state index is 12.2. The second-order valence-corrected chi connectivity index (χ2v) is 17.7. The quantitative estimate of drug-likeness (QED) is 0.238. The van der Waals surface area contributed by atoms with Crippen molar-refractivity contribution in [1.82, 2.24) is 0 Å². The zero-order chi connectivity index (χ0) is 31.3. The van der Waals surface area contributed by atoms with E-state index in [2.05, 4.69) is 47.6 Å². The van der Waals surface area contributed by atoms with Crippen LogP contribution in [0.25, 0.3) is 0 Å². The van der Waals surface area contributed by atoms with E-state index in [0.717, 1.165) is 64.2 Å². The van der Waals surface area contributed by atoms with Gasteiger partial charge in [-0.3, -0.25) is 0 Å². The van der Waals surface area contributed by atoms with Gasteiger partial charge < -0.3 is 35.1 Å². The number of hydrogen-bond acceptors (Lipinski definition) is 7. The van der Waals surface area contributed by atoms with Gasteiger partial charge in [0.25, 0.3) is 0 Å². The molecule has 0 spiro atoms. The molecule has 5 N–H and O–H groups in total. The minimum absolute atomic E-state index is 0.00466. The fourth-order valence-corrected chi connectivity index (χ4v) is 12.5. The first-order valence-electron chi connectivity index (χ1n) is 17.2. The third-order valence-corrected chi connectivity index (χ3v) is 15.0. The molecule has 0 radical (unpaired) electrons. The molecule has 0 aromatic heterocycles. The summed E-state index contributed by atoms with van der Waals surface area (Å²) in [5.74, 6) is 1.79. The molecule has 43 heavy (non-hydrogen) atoms. The van der Waals surface area contributed by atoms with E-state index in [1.165, 1.54) is 11.9 Å². The van der Waals surface area contributed by atoms with E-state index in [1.54, 1.807) is 0 Å². The lowest BCUT2D eigenvalue weighted by Gasteiger charge is -2.69. The lowest BCUT2D eigenvalue weighted by atomic mass is 9.36. The second kappa shape index (κ2) is 10.6. The molecule has 4 saturated carbocycles. The van der Waals surface area contributed by atoms with Crippen molar-refractivity contribution in [1.29, 1.82) is 0 Å². The molecule has 244 valence electrons. The highest BCUT2D eigenvalue weighted by molar-refractivity contribution is 5.55. The first kappa shape index (κ1) is 32.1. The zero-order valence-corrected chi connectivity index (χ0v) is 27.3. The van der Waals surface area contributed by atoms with E-state index >= 15 is 0 Å². The Balaban J connectivity index is 1.36. The van der Waals surface area contributed by atoms with E-state index in [4.69, 9.17) is 4.74 Å². The molecule has 1 aliphatic heterocycles. The summed E-state index contributed by atoms with van der Waals surface area (Å²) < 4.78 is 5.99. The van der Waals surface area contributed by atoms with E-state index in [9.17, 15) is 30.3 Å². The predicted octanol–water partition coefficient (Wildman–Crippen LogP) is 4.42. The molecular formula is C36H58O7. The van der Waals surface area contributed by atoms with Crippen LogP contribution < -0.4 is 0 Å². The van der Waals surface area contributed by atoms with Gasteiger partial charge in [0.15, 0.2) is 0 Å². The van der Waals surface area contributed by atoms with Gasteiger partial charge >= 0.3 is 0 Å². The van der Waals surface area contributed by atoms with Gasteiger partial charge in [-0.15, -0.1) is 0 Å². The molecule has 6 rings (SSSR count). The Labute approximate surface area is 258 Å². The van der Waals surface area contributed by atoms with Crippen molar-refractivity contribution >= 4 is 6.29 Å². The maximum Gasteiger partial charge on any atom is 0.123 e. The number of aliphatic hydroxyl groups excluding tert-OH is 5. The molecular weight excluding hydrogens is 544 g/mol. The van der Waals surface area contributed by atoms with Crippen molar-refractivity contribution in [2.24, 2.45) is 56.7 Å². The fraction of sp³-hybridized carbons (Fsp3) is 0.917. The molecule has 7 nitrogen and oxygen atoms in total. The highest BCUT2D eigenvalue weighted by Gasteiger charge is 2.66. The molecule has 0 aromatic rings. The molecule has 0 bridgehead atoms. The third-order valence-electron chi connectivity index (χ3n) is 15.0. The van der Waals surface area contributed by atoms with Crippen molar-refractivity contribution in [3.63, 3.8) is 0 Å². The molecule has 1 heterocycles. The molecule has 7 unspecified atom stereocenters. The first-order valence-corrected chi connectivity index (χ1v) is 17.2. The SMILES string of the molecule is CC1(C)CC[C@]2([C@H](O)[C@H]3OC(CO)[C@H](O)C(O)C3O)CCC3C(=CCC4[C@@]3(C)CCC3C(C)(C)[C@@H](C=O)CC[C@@]34C)C2C1. The van der Waals surface area contributed by atoms with Crippen molar-refractivity contribution in [2.75, 3.05) is 6.61 Å². The van der Waals surface area contributed by atoms with Crippen molar-refractivity contribution < 1.29 is 35.1 Å². The van der Waals surface area contributed by atoms with Gasteiger partial charge in [-0.05, 0) is 110 Å². The normalized spacial score (nSPS) is 52.9. The lowest BCUT2D eigenvalue weighted by molar-refractivity contribution is -0.270. The smallest absolute Gasteiger partial charge is 0.123 e. The van der Waals surface area contributed by atoms with Gasteiger partial charge in [0.2, 0.25) is 0 Å². The number of carbonyl (C=O) groups excluding carboxylic acids is 1. The summed E-state index contributed by atoms with van der Waals surface area (Å²) in [6, 6.07) is 0. The van der Waals surface area contributed by atoms with Gasteiger partial charge in [0, 0.05) is 11.3 Å². The number of allylic oxidation sites excluding steroid dienone is 2. The van der Waals surface area contributed by atoms with Crippen LogP contribution in [0.2, 0.25) is 0 Å². The monoisotopic (exact) mass is 602 g/mol. The Morgan fingerprint density at radius 2 is 1.56 bits per heavy atom. The van der Waals surface area contributed by atoms with Crippen LogP contribution in [-0.4, -0.2) is 75.0 Å². The summed E-state index contributed by atoms with van der Waals surface area (Å²) in [6.07, 6.45) is 6.25. The molecule has 1 saturated heterocycles. The van der Waals surface area contributed by atoms with Crippen LogP contribution in [-0.2, 0) is 9.53 Å². The number of hydrogen-bond donors (Lipinski definition) is 5. The molecule has 5 fully saturated rings. The zero-order valence-electron chi connectivity index (χ0n) is 27.3. The van der Waals surface area contributed by atoms with Gasteiger partial charge in [-0.1, -0.05) is 53.2 Å². The molecule has 0 aromatic carbocycles. The predicted molar refractivity (Wildman–Crippen MR) is 164 cm³/mol. The summed E-state index contributed by atoms with van der Waals surface area (Å²) in [5, 5.41) is 54.1. The van der Waals surface area contributed by atoms with Crippen molar-refractivity contribution in [3.05, 3.63) is 11.6 Å². The summed E-state index contributed by atoms with van der Waals surface area (Å²) >= 11 is 0. The summed E-state index contributed by atoms with van der Waals surface area (Å²) in [7, 11) is 0. The van der Waals surface area contributed by atoms with E-state index < -0.39 is 48.6 Å². The largest absolute Gasteiger partial charge is 0.394 e. The topological polar surface area (TPSA) is 127 Å². The minimum atomic E-state index is -1.49. The number of carbonyl (C=O) groups is 1. The highest BCUT2D eigenvalue weighted by Crippen LogP contribution is 2.73. The average molecular weight is 603 g/mol. The van der Waals surface area contributed by atoms with Crippen LogP contribution in [0.15, 0.2) is 11.6 Å². The standard InChI is InChI=1S/C36H58O7/c1-32(2)15-16-36(31(42)30-29(41)28(40)27(39)24(19-38)43-30)14-10-22-21(23(36)17-32)7-8-26-34(22,5)13-11-25-33(3,4)20(18-37)9-12-35(25,26)6/h7,18,20,22-31,38-42H,8-17,19H2,1-6H3/t20-,22?,23?,24?,25?,26?,27+,28?,29?,30+,31-,34+,35+,36-/m1/s1. The summed E-state index contributed by atoms with van der Waals surface area (Å²) in [5.41, 5.74) is 1.45. The van der Waals surface area contributed by atoms with Crippen LogP contribution in [0.4, 0.5) is 0 Å². The Morgan fingerprint density at radius 1 is 0.860 bits per heavy atom. The average Bonchev–Trinajstić information content (AvgIpc) is 2.95. The molecule has 0 amide bonds. The molecule has 6 aliphatic rings. The second-order valence-electron chi connectivity index (χ2n) is 17.7. The third kappa shape index (κ3) is 4.52. The molecule has 7 heteroatoms. The Kier molecular flexibility index (Phi) is 7.92. The number of aliphatic hydroxyl groups is 5. The fourth-order valence-electron chi connectivity index (χ4n) is 12.5. The Hall–Kier alpha value is -0.830. The maximum absolute atomic E-state index is 12.2. The van der Waals surface area contributed by atoms with Crippen LogP contribution in [0.3, 0.4) is 0 Å². The number of fused-ring (bicyclic) bond motifs is 7. The minimum Gasteiger partial charge on any atom is -0.394 e. The van der Waals surface area contributed by atoms with Crippen molar-refractivity contribution in [3.8, 4) is 0 Å². The van der Waals surface area contributed by atoms with Gasteiger partial charge in [0.1, 0.15) is 36.8 Å². The van der Waals surface area contributed by atoms with E-state index in [0.29, 0.717) is 17.8 Å². The Bertz CT molecular complexity index is 1110. The van der Waals surface area contributed by atoms with Gasteiger partial charge in [0.05, 0.1) is 12.7 Å². The van der Waals surface area contributed by atoms with Crippen molar-refractivity contribution in [2.45, 2.75) is 142 Å². The van der Waals surface area contributed by atoms with E-state index in [-0.39, 0.29) is 33.5 Å². The summed E-state index contributed by atoms with van der Waals surface area (Å²) in [4.78, 5) is 12.1. The van der Waals surface area contributed by atoms with Crippen LogP contribution in [0, 0.1) is 56.7 Å². The van der Waals surface area contributed by atoms with E-state index in [1.807, 2.05) is 0 Å². The number of rotatable bonds is 4. The summed E-state index contributed by atoms with van der Waals surface area (Å²) in [6.45, 7) is 13.9. The number of aldehydes is 1. The van der Waals surface area contributed by atoms with Gasteiger partial charge in [-0.2, -0.15) is 0 Å². The Morgan fingerprint density at radius 3 is 2.23 bits per heavy atom. The number of ether oxygens (including phenoxy) is 1. The highest BCUT2D eigenvalue weighted by atomic mass is 16.6. The van der Waals surface area contributed by atoms with Crippen LogP contribution in [0.5, 0.6) is 0 Å².